The van der Waals surface area contributed by atoms with E-state index >= 15 is 0 Å². The van der Waals surface area contributed by atoms with Gasteiger partial charge in [0, 0.05) is 47.0 Å². The summed E-state index contributed by atoms with van der Waals surface area (Å²) in [6.07, 6.45) is 0.689. The van der Waals surface area contributed by atoms with Gasteiger partial charge in [-0.2, -0.15) is 0 Å². The number of sulfonamides is 1. The summed E-state index contributed by atoms with van der Waals surface area (Å²) in [4.78, 5) is 14.5. The lowest BCUT2D eigenvalue weighted by Gasteiger charge is -2.14. The Hall–Kier alpha value is -3.86. The quantitative estimate of drug-likeness (QED) is 0.163. The Labute approximate surface area is 221 Å². The van der Waals surface area contributed by atoms with Crippen molar-refractivity contribution in [3.05, 3.63) is 84.1 Å². The Bertz CT molecular complexity index is 1500. The number of fused-ring (bicyclic) bond motifs is 1. The van der Waals surface area contributed by atoms with Crippen LogP contribution in [0, 0.1) is 0 Å². The van der Waals surface area contributed by atoms with Crippen LogP contribution in [-0.4, -0.2) is 55.5 Å². The first kappa shape index (κ1) is 27.2. The van der Waals surface area contributed by atoms with Gasteiger partial charge in [-0.25, -0.2) is 8.42 Å². The maximum absolute atomic E-state index is 11.4. The van der Waals surface area contributed by atoms with Crippen molar-refractivity contribution in [1.82, 2.24) is 10.3 Å². The number of carbonyl (C=O) groups is 1. The molecule has 10 heteroatoms. The summed E-state index contributed by atoms with van der Waals surface area (Å²) in [5.41, 5.74) is 4.75. The van der Waals surface area contributed by atoms with Crippen molar-refractivity contribution in [2.45, 2.75) is 18.9 Å². The summed E-state index contributed by atoms with van der Waals surface area (Å²) in [5.74, 6) is -0.173. The molecular weight excluding hydrogens is 506 g/mol. The first-order valence-electron chi connectivity index (χ1n) is 12.2. The second-order valence-corrected chi connectivity index (χ2v) is 10.8. The van der Waals surface area contributed by atoms with E-state index < -0.39 is 22.1 Å². The smallest absolute Gasteiger partial charge is 0.303 e. The Morgan fingerprint density at radius 1 is 1.05 bits per heavy atom. The number of H-pyrrole nitrogens is 1. The van der Waals surface area contributed by atoms with Crippen molar-refractivity contribution >= 4 is 32.6 Å². The number of anilines is 1. The fourth-order valence-corrected chi connectivity index (χ4v) is 4.85. The highest BCUT2D eigenvalue weighted by atomic mass is 32.2. The molecule has 200 valence electrons. The molecule has 0 saturated carbocycles. The van der Waals surface area contributed by atoms with E-state index in [1.54, 1.807) is 24.3 Å². The molecule has 4 rings (SSSR count). The average Bonchev–Trinajstić information content (AvgIpc) is 3.24. The molecular formula is C28H31N3O6S. The molecule has 0 fully saturated rings. The van der Waals surface area contributed by atoms with Crippen LogP contribution in [-0.2, 0) is 21.2 Å². The molecule has 38 heavy (non-hydrogen) atoms. The van der Waals surface area contributed by atoms with E-state index in [0.717, 1.165) is 34.0 Å². The number of aliphatic hydroxyl groups is 1. The number of aromatic amines is 1. The van der Waals surface area contributed by atoms with Gasteiger partial charge < -0.3 is 25.3 Å². The molecule has 1 aromatic heterocycles. The van der Waals surface area contributed by atoms with Crippen LogP contribution >= 0.6 is 0 Å². The predicted molar refractivity (Wildman–Crippen MR) is 148 cm³/mol. The second-order valence-electron chi connectivity index (χ2n) is 9.01. The van der Waals surface area contributed by atoms with Gasteiger partial charge in [0.05, 0.1) is 18.8 Å². The van der Waals surface area contributed by atoms with E-state index in [1.165, 1.54) is 0 Å². The Morgan fingerprint density at radius 2 is 1.84 bits per heavy atom. The summed E-state index contributed by atoms with van der Waals surface area (Å²) >= 11 is 0. The van der Waals surface area contributed by atoms with Gasteiger partial charge in [-0.05, 0) is 41.8 Å². The zero-order valence-electron chi connectivity index (χ0n) is 21.0. The van der Waals surface area contributed by atoms with Crippen LogP contribution in [0.2, 0.25) is 0 Å². The van der Waals surface area contributed by atoms with Crippen molar-refractivity contribution in [3.63, 3.8) is 0 Å². The maximum Gasteiger partial charge on any atom is 0.303 e. The number of hydrogen-bond donors (Lipinski definition) is 5. The third-order valence-corrected chi connectivity index (χ3v) is 6.57. The van der Waals surface area contributed by atoms with Crippen molar-refractivity contribution in [2.24, 2.45) is 0 Å². The lowest BCUT2D eigenvalue weighted by Crippen LogP contribution is -2.26. The normalized spacial score (nSPS) is 12.4. The topological polar surface area (TPSA) is 141 Å². The van der Waals surface area contributed by atoms with Crippen LogP contribution in [0.5, 0.6) is 5.75 Å². The van der Waals surface area contributed by atoms with E-state index in [0.29, 0.717) is 36.6 Å². The molecule has 0 unspecified atom stereocenters. The van der Waals surface area contributed by atoms with Gasteiger partial charge >= 0.3 is 5.97 Å². The zero-order chi connectivity index (χ0) is 27.1. The lowest BCUT2D eigenvalue weighted by molar-refractivity contribution is -0.136. The van der Waals surface area contributed by atoms with E-state index in [2.05, 4.69) is 15.0 Å². The van der Waals surface area contributed by atoms with Crippen molar-refractivity contribution < 1.29 is 28.2 Å². The first-order chi connectivity index (χ1) is 18.2. The van der Waals surface area contributed by atoms with Crippen LogP contribution < -0.4 is 14.8 Å². The molecule has 0 aliphatic carbocycles. The minimum absolute atomic E-state index is 0.0338. The molecule has 0 bridgehead atoms. The molecule has 0 radical (unpaired) electrons. The molecule has 0 spiro atoms. The largest absolute Gasteiger partial charge is 0.492 e. The average molecular weight is 538 g/mol. The van der Waals surface area contributed by atoms with Gasteiger partial charge in [-0.1, -0.05) is 42.5 Å². The number of aliphatic carboxylic acids is 1. The van der Waals surface area contributed by atoms with Gasteiger partial charge in [-0.15, -0.1) is 0 Å². The summed E-state index contributed by atoms with van der Waals surface area (Å²) in [6, 6.07) is 22.3. The molecule has 4 aromatic rings. The summed E-state index contributed by atoms with van der Waals surface area (Å²) < 4.78 is 31.2. The number of carboxylic acids is 1. The van der Waals surface area contributed by atoms with Gasteiger partial charge in [0.25, 0.3) is 0 Å². The first-order valence-corrected chi connectivity index (χ1v) is 14.1. The SMILES string of the molecule is CS(=O)(=O)Nc1cccc([C@@H](O)CNCCOc2ccc3c(-c4ccccc4)c(CCC(=O)O)[nH]c3c2)c1. The summed E-state index contributed by atoms with van der Waals surface area (Å²) in [5, 5.41) is 23.8. The zero-order valence-corrected chi connectivity index (χ0v) is 21.8. The van der Waals surface area contributed by atoms with E-state index in [1.807, 2.05) is 48.5 Å². The number of ether oxygens (including phenoxy) is 1. The summed E-state index contributed by atoms with van der Waals surface area (Å²) in [6.45, 7) is 1.13. The van der Waals surface area contributed by atoms with Crippen molar-refractivity contribution in [1.29, 1.82) is 0 Å². The van der Waals surface area contributed by atoms with Crippen LogP contribution in [0.25, 0.3) is 22.0 Å². The molecule has 0 amide bonds. The number of hydrogen-bond acceptors (Lipinski definition) is 6. The molecule has 5 N–H and O–H groups in total. The highest BCUT2D eigenvalue weighted by Gasteiger charge is 2.15. The maximum atomic E-state index is 11.4. The molecule has 0 aliphatic heterocycles. The Morgan fingerprint density at radius 3 is 2.58 bits per heavy atom. The van der Waals surface area contributed by atoms with Crippen molar-refractivity contribution in [3.8, 4) is 16.9 Å². The monoisotopic (exact) mass is 537 g/mol. The Kier molecular flexibility index (Phi) is 8.67. The second kappa shape index (κ2) is 12.1. The number of nitrogens with one attached hydrogen (secondary N) is 3. The minimum Gasteiger partial charge on any atom is -0.492 e. The molecule has 0 aliphatic rings. The fourth-order valence-electron chi connectivity index (χ4n) is 4.30. The van der Waals surface area contributed by atoms with Crippen LogP contribution in [0.15, 0.2) is 72.8 Å². The van der Waals surface area contributed by atoms with E-state index in [-0.39, 0.29) is 13.0 Å². The third kappa shape index (κ3) is 7.34. The molecule has 9 nitrogen and oxygen atoms in total. The minimum atomic E-state index is -3.40. The standard InChI is InChI=1S/C28H31N3O6S/c1-38(35,36)31-21-9-5-8-20(16-21)26(32)18-29-14-15-37-22-10-11-23-25(17-22)30-24(12-13-27(33)34)28(23)19-6-3-2-4-7-19/h2-11,16-17,26,29-32H,12-15,18H2,1H3,(H,33,34)/t26-/m0/s1. The number of benzene rings is 3. The number of aromatic nitrogens is 1. The van der Waals surface area contributed by atoms with Crippen LogP contribution in [0.1, 0.15) is 23.8 Å². The van der Waals surface area contributed by atoms with Gasteiger partial charge in [-0.3, -0.25) is 9.52 Å². The third-order valence-electron chi connectivity index (χ3n) is 5.96. The highest BCUT2D eigenvalue weighted by molar-refractivity contribution is 7.92. The van der Waals surface area contributed by atoms with E-state index in [9.17, 15) is 18.3 Å². The Balaban J connectivity index is 1.35. The number of aryl methyl sites for hydroxylation is 1. The molecule has 1 heterocycles. The number of aliphatic hydroxyl groups excluding tert-OH is 1. The van der Waals surface area contributed by atoms with Gasteiger partial charge in [0.15, 0.2) is 0 Å². The van der Waals surface area contributed by atoms with E-state index in [4.69, 9.17) is 9.84 Å². The van der Waals surface area contributed by atoms with Crippen LogP contribution in [0.4, 0.5) is 5.69 Å². The molecule has 0 saturated heterocycles. The number of carboxylic acid groups (broad SMARTS) is 1. The van der Waals surface area contributed by atoms with Crippen LogP contribution in [0.3, 0.4) is 0 Å². The molecule has 3 aromatic carbocycles. The highest BCUT2D eigenvalue weighted by Crippen LogP contribution is 2.35. The van der Waals surface area contributed by atoms with Gasteiger partial charge in [0.1, 0.15) is 12.4 Å². The lowest BCUT2D eigenvalue weighted by atomic mass is 10.00. The number of rotatable bonds is 13. The summed E-state index contributed by atoms with van der Waals surface area (Å²) in [7, 11) is -3.40. The predicted octanol–water partition coefficient (Wildman–Crippen LogP) is 3.93. The fraction of sp³-hybridized carbons (Fsp3) is 0.250. The molecule has 1 atom stereocenters. The van der Waals surface area contributed by atoms with Crippen molar-refractivity contribution in [2.75, 3.05) is 30.7 Å². The van der Waals surface area contributed by atoms with Gasteiger partial charge in [0.2, 0.25) is 10.0 Å².